The second kappa shape index (κ2) is 6.20. The van der Waals surface area contributed by atoms with E-state index in [1.165, 1.54) is 24.3 Å². The Morgan fingerprint density at radius 2 is 1.50 bits per heavy atom. The molecule has 3 aromatic rings. The molecule has 32 heavy (non-hydrogen) atoms. The first-order valence-corrected chi connectivity index (χ1v) is 10.3. The van der Waals surface area contributed by atoms with E-state index in [4.69, 9.17) is 0 Å². The molecule has 0 spiro atoms. The highest BCUT2D eigenvalue weighted by Crippen LogP contribution is 2.63. The van der Waals surface area contributed by atoms with Crippen LogP contribution in [-0.2, 0) is 19.8 Å². The number of hydrogen-bond acceptors (Lipinski definition) is 5. The zero-order chi connectivity index (χ0) is 22.2. The van der Waals surface area contributed by atoms with E-state index < -0.39 is 34.0 Å². The number of carbonyl (C=O) groups is 3. The van der Waals surface area contributed by atoms with Gasteiger partial charge in [0.2, 0.25) is 11.8 Å². The highest BCUT2D eigenvalue weighted by Gasteiger charge is 2.68. The molecule has 7 nitrogen and oxygen atoms in total. The van der Waals surface area contributed by atoms with E-state index in [2.05, 4.69) is 0 Å². The number of non-ortho nitro benzene ring substituents is 1. The van der Waals surface area contributed by atoms with Crippen LogP contribution in [0.3, 0.4) is 0 Å². The SMILES string of the molecule is O=CC12c3ccccc3C(c3ccccc31)[C@@H]1C(=O)N(c3cccc([N+](=O)[O-])c3)C(=O)[C@@H]12. The lowest BCUT2D eigenvalue weighted by molar-refractivity contribution is -0.384. The molecule has 0 saturated carbocycles. The molecule has 156 valence electrons. The Labute approximate surface area is 182 Å². The van der Waals surface area contributed by atoms with E-state index in [9.17, 15) is 24.5 Å². The topological polar surface area (TPSA) is 97.6 Å². The lowest BCUT2D eigenvalue weighted by Crippen LogP contribution is -2.54. The first-order chi connectivity index (χ1) is 15.5. The monoisotopic (exact) mass is 424 g/mol. The Morgan fingerprint density at radius 1 is 0.875 bits per heavy atom. The summed E-state index contributed by atoms with van der Waals surface area (Å²) in [5.74, 6) is -2.95. The van der Waals surface area contributed by atoms with Gasteiger partial charge in [0.15, 0.2) is 0 Å². The van der Waals surface area contributed by atoms with Crippen molar-refractivity contribution in [3.8, 4) is 0 Å². The van der Waals surface area contributed by atoms with Crippen LogP contribution in [0.25, 0.3) is 0 Å². The maximum absolute atomic E-state index is 13.8. The van der Waals surface area contributed by atoms with Gasteiger partial charge in [0, 0.05) is 18.1 Å². The van der Waals surface area contributed by atoms with Gasteiger partial charge in [-0.3, -0.25) is 19.7 Å². The number of hydrogen-bond donors (Lipinski definition) is 0. The Morgan fingerprint density at radius 3 is 2.09 bits per heavy atom. The normalized spacial score (nSPS) is 27.0. The van der Waals surface area contributed by atoms with Crippen molar-refractivity contribution in [1.29, 1.82) is 0 Å². The van der Waals surface area contributed by atoms with Crippen LogP contribution in [0.1, 0.15) is 28.2 Å². The predicted molar refractivity (Wildman–Crippen MR) is 114 cm³/mol. The summed E-state index contributed by atoms with van der Waals surface area (Å²) >= 11 is 0. The molecule has 1 saturated heterocycles. The minimum atomic E-state index is -1.28. The van der Waals surface area contributed by atoms with Crippen LogP contribution in [0, 0.1) is 22.0 Å². The average molecular weight is 424 g/mol. The molecule has 0 radical (unpaired) electrons. The molecule has 3 aromatic carbocycles. The summed E-state index contributed by atoms with van der Waals surface area (Å²) in [6.45, 7) is 0. The van der Waals surface area contributed by atoms with Crippen molar-refractivity contribution in [2.24, 2.45) is 11.8 Å². The van der Waals surface area contributed by atoms with Gasteiger partial charge in [-0.25, -0.2) is 4.90 Å². The summed E-state index contributed by atoms with van der Waals surface area (Å²) in [5.41, 5.74) is 1.91. The molecule has 2 atom stereocenters. The number of amides is 2. The number of aldehydes is 1. The number of nitro groups is 1. The van der Waals surface area contributed by atoms with Crippen molar-refractivity contribution in [3.63, 3.8) is 0 Å². The number of benzene rings is 3. The van der Waals surface area contributed by atoms with Crippen LogP contribution in [0.2, 0.25) is 0 Å². The minimum absolute atomic E-state index is 0.150. The summed E-state index contributed by atoms with van der Waals surface area (Å²) in [4.78, 5) is 52.1. The molecule has 1 aliphatic heterocycles. The van der Waals surface area contributed by atoms with Crippen molar-refractivity contribution in [1.82, 2.24) is 0 Å². The maximum Gasteiger partial charge on any atom is 0.271 e. The Balaban J connectivity index is 1.61. The molecule has 2 bridgehead atoms. The molecule has 7 rings (SSSR count). The number of carbonyl (C=O) groups excluding carboxylic acids is 3. The number of nitrogens with zero attached hydrogens (tertiary/aromatic N) is 2. The van der Waals surface area contributed by atoms with E-state index in [0.29, 0.717) is 0 Å². The van der Waals surface area contributed by atoms with E-state index in [-0.39, 0.29) is 17.3 Å². The summed E-state index contributed by atoms with van der Waals surface area (Å²) in [7, 11) is 0. The predicted octanol–water partition coefficient (Wildman–Crippen LogP) is 3.34. The van der Waals surface area contributed by atoms with Gasteiger partial charge in [0.25, 0.3) is 5.69 Å². The van der Waals surface area contributed by atoms with Gasteiger partial charge in [-0.15, -0.1) is 0 Å². The van der Waals surface area contributed by atoms with Gasteiger partial charge in [-0.05, 0) is 28.3 Å². The summed E-state index contributed by atoms with van der Waals surface area (Å²) in [5, 5.41) is 11.3. The zero-order valence-corrected chi connectivity index (χ0v) is 16.7. The van der Waals surface area contributed by atoms with Gasteiger partial charge >= 0.3 is 0 Å². The third-order valence-corrected chi connectivity index (χ3v) is 7.17. The number of imide groups is 1. The zero-order valence-electron chi connectivity index (χ0n) is 16.7. The van der Waals surface area contributed by atoms with Crippen LogP contribution in [-0.4, -0.2) is 23.0 Å². The van der Waals surface area contributed by atoms with Crippen molar-refractivity contribution in [2.75, 3.05) is 4.90 Å². The van der Waals surface area contributed by atoms with E-state index in [1.54, 1.807) is 0 Å². The quantitative estimate of drug-likeness (QED) is 0.278. The molecule has 7 heteroatoms. The molecular weight excluding hydrogens is 408 g/mol. The molecule has 2 amide bonds. The fourth-order valence-electron chi connectivity index (χ4n) is 6.03. The van der Waals surface area contributed by atoms with Crippen LogP contribution in [0.15, 0.2) is 72.8 Å². The molecule has 3 aliphatic carbocycles. The summed E-state index contributed by atoms with van der Waals surface area (Å²) in [6, 6.07) is 20.4. The number of anilines is 1. The lowest BCUT2D eigenvalue weighted by atomic mass is 9.48. The summed E-state index contributed by atoms with van der Waals surface area (Å²) < 4.78 is 0. The van der Waals surface area contributed by atoms with Crippen LogP contribution >= 0.6 is 0 Å². The smallest absolute Gasteiger partial charge is 0.271 e. The average Bonchev–Trinajstić information content (AvgIpc) is 3.10. The Kier molecular flexibility index (Phi) is 3.61. The van der Waals surface area contributed by atoms with Crippen LogP contribution in [0.5, 0.6) is 0 Å². The largest absolute Gasteiger partial charge is 0.302 e. The van der Waals surface area contributed by atoms with Crippen LogP contribution < -0.4 is 4.90 Å². The molecule has 0 N–H and O–H groups in total. The van der Waals surface area contributed by atoms with E-state index in [1.807, 2.05) is 48.5 Å². The second-order valence-corrected chi connectivity index (χ2v) is 8.43. The Bertz CT molecular complexity index is 1320. The van der Waals surface area contributed by atoms with E-state index >= 15 is 0 Å². The van der Waals surface area contributed by atoms with Gasteiger partial charge < -0.3 is 4.79 Å². The summed E-state index contributed by atoms with van der Waals surface area (Å²) in [6.07, 6.45) is 0.805. The fraction of sp³-hybridized carbons (Fsp3) is 0.160. The minimum Gasteiger partial charge on any atom is -0.302 e. The van der Waals surface area contributed by atoms with Gasteiger partial charge in [0.05, 0.1) is 27.9 Å². The van der Waals surface area contributed by atoms with Crippen molar-refractivity contribution in [3.05, 3.63) is 105 Å². The van der Waals surface area contributed by atoms with Crippen molar-refractivity contribution >= 4 is 29.5 Å². The molecular formula is C25H16N2O5. The molecule has 0 aromatic heterocycles. The van der Waals surface area contributed by atoms with Crippen molar-refractivity contribution < 1.29 is 19.3 Å². The number of rotatable bonds is 3. The second-order valence-electron chi connectivity index (χ2n) is 8.43. The fourth-order valence-corrected chi connectivity index (χ4v) is 6.03. The molecule has 1 heterocycles. The van der Waals surface area contributed by atoms with Crippen LogP contribution in [0.4, 0.5) is 11.4 Å². The highest BCUT2D eigenvalue weighted by molar-refractivity contribution is 6.25. The Hall–Kier alpha value is -4.13. The molecule has 0 unspecified atom stereocenters. The standard InChI is InChI=1S/C25H16N2O5/c28-13-25-18-10-3-1-8-16(18)20(17-9-2-4-11-19(17)25)21-22(25)24(30)26(23(21)29)14-6-5-7-15(12-14)27(31)32/h1-13,20-22H/t20?,21-,22+,25?/m0/s1. The maximum atomic E-state index is 13.8. The lowest BCUT2D eigenvalue weighted by Gasteiger charge is -2.51. The molecule has 4 aliphatic rings. The third-order valence-electron chi connectivity index (χ3n) is 7.17. The highest BCUT2D eigenvalue weighted by atomic mass is 16.6. The first-order valence-electron chi connectivity index (χ1n) is 10.3. The van der Waals surface area contributed by atoms with E-state index in [0.717, 1.165) is 33.4 Å². The molecule has 1 fully saturated rings. The number of nitro benzene ring substituents is 1. The van der Waals surface area contributed by atoms with Crippen molar-refractivity contribution in [2.45, 2.75) is 11.3 Å². The van der Waals surface area contributed by atoms with Gasteiger partial charge in [-0.1, -0.05) is 54.6 Å². The van der Waals surface area contributed by atoms with Gasteiger partial charge in [-0.2, -0.15) is 0 Å². The third kappa shape index (κ3) is 2.03. The first kappa shape index (κ1) is 18.6. The van der Waals surface area contributed by atoms with Gasteiger partial charge in [0.1, 0.15) is 6.29 Å².